The molecule has 0 atom stereocenters. The molecule has 1 aromatic heterocycles. The number of nitrogens with zero attached hydrogens (tertiary/aromatic N) is 1. The van der Waals surface area contributed by atoms with Gasteiger partial charge in [-0.25, -0.2) is 4.79 Å². The third-order valence-corrected chi connectivity index (χ3v) is 2.20. The van der Waals surface area contributed by atoms with Gasteiger partial charge in [0.2, 0.25) is 0 Å². The first-order valence-electron chi connectivity index (χ1n) is 5.40. The van der Waals surface area contributed by atoms with Crippen molar-refractivity contribution in [3.63, 3.8) is 0 Å². The third-order valence-electron chi connectivity index (χ3n) is 2.20. The van der Waals surface area contributed by atoms with Crippen LogP contribution in [0.4, 0.5) is 5.69 Å². The van der Waals surface area contributed by atoms with Crippen molar-refractivity contribution in [2.24, 2.45) is 0 Å². The molecule has 0 amide bonds. The summed E-state index contributed by atoms with van der Waals surface area (Å²) in [5.74, 6) is -1.80. The zero-order valence-corrected chi connectivity index (χ0v) is 10.4. The molecule has 1 aromatic carbocycles. The summed E-state index contributed by atoms with van der Waals surface area (Å²) in [4.78, 5) is 32.3. The van der Waals surface area contributed by atoms with Crippen molar-refractivity contribution in [1.29, 1.82) is 0 Å². The number of H-pyrrole nitrogens is 1. The van der Waals surface area contributed by atoms with Crippen LogP contribution in [-0.4, -0.2) is 31.2 Å². The van der Waals surface area contributed by atoms with Crippen LogP contribution in [0.5, 0.6) is 11.5 Å². The summed E-state index contributed by atoms with van der Waals surface area (Å²) in [5, 5.41) is 36.2. The number of nitrogens with one attached hydrogen (secondary N) is 1. The fraction of sp³-hybridized carbons (Fsp3) is 0. The van der Waals surface area contributed by atoms with Crippen molar-refractivity contribution in [2.75, 3.05) is 0 Å². The van der Waals surface area contributed by atoms with Crippen LogP contribution in [0.2, 0.25) is 0 Å². The Morgan fingerprint density at radius 3 is 2.33 bits per heavy atom. The van der Waals surface area contributed by atoms with E-state index in [1.54, 1.807) is 0 Å². The summed E-state index contributed by atoms with van der Waals surface area (Å²) in [6, 6.07) is 5.87. The molecule has 0 aliphatic carbocycles. The number of phenols is 2. The van der Waals surface area contributed by atoms with Crippen LogP contribution < -0.4 is 5.56 Å². The average Bonchev–Trinajstić information content (AvgIpc) is 2.42. The first kappa shape index (κ1) is 15.7. The summed E-state index contributed by atoms with van der Waals surface area (Å²) in [6.45, 7) is 0. The van der Waals surface area contributed by atoms with E-state index in [0.29, 0.717) is 0 Å². The lowest BCUT2D eigenvalue weighted by Gasteiger charge is -1.98. The van der Waals surface area contributed by atoms with Crippen LogP contribution >= 0.6 is 0 Å². The quantitative estimate of drug-likeness (QED) is 0.367. The normalized spacial score (nSPS) is 9.33. The molecule has 0 unspecified atom stereocenters. The Bertz CT molecular complexity index is 724. The molecule has 9 heteroatoms. The maximum Gasteiger partial charge on any atom is 0.339 e. The number of hydrogen-bond acceptors (Lipinski definition) is 6. The number of aromatic carboxylic acids is 1. The van der Waals surface area contributed by atoms with E-state index in [0.717, 1.165) is 18.2 Å². The summed E-state index contributed by atoms with van der Waals surface area (Å²) in [6.07, 6.45) is 1.34. The Kier molecular flexibility index (Phi) is 5.01. The minimum atomic E-state index is -1.27. The molecule has 2 rings (SSSR count). The van der Waals surface area contributed by atoms with E-state index < -0.39 is 22.1 Å². The van der Waals surface area contributed by atoms with Gasteiger partial charge < -0.3 is 20.3 Å². The van der Waals surface area contributed by atoms with Crippen LogP contribution in [0, 0.1) is 10.1 Å². The van der Waals surface area contributed by atoms with E-state index in [1.807, 2.05) is 0 Å². The van der Waals surface area contributed by atoms with Gasteiger partial charge in [0.25, 0.3) is 0 Å². The number of carbonyl (C=O) groups is 1. The average molecular weight is 294 g/mol. The number of carboxylic acid groups (broad SMARTS) is 1. The van der Waals surface area contributed by atoms with E-state index in [1.165, 1.54) is 18.3 Å². The van der Waals surface area contributed by atoms with Crippen LogP contribution in [-0.2, 0) is 0 Å². The summed E-state index contributed by atoms with van der Waals surface area (Å²) >= 11 is 0. The predicted octanol–water partition coefficient (Wildman–Crippen LogP) is 1.08. The molecular formula is C12H10N2O7. The maximum atomic E-state index is 10.6. The van der Waals surface area contributed by atoms with E-state index >= 15 is 0 Å². The number of phenolic OH excluding ortho intramolecular Hbond substituents is 1. The molecule has 0 aliphatic heterocycles. The molecule has 21 heavy (non-hydrogen) atoms. The first-order chi connectivity index (χ1) is 9.82. The molecule has 9 nitrogen and oxygen atoms in total. The standard InChI is InChI=1S/C7H6O4.C5H4N2O3/c8-4-1-2-6(9)5(3-4)7(10)11;8-5-4(7(9)10)2-1-3-6-5/h1-3,8-9H,(H,10,11);1-3H,(H,6,8). The Labute approximate surface area is 116 Å². The fourth-order valence-electron chi connectivity index (χ4n) is 1.25. The van der Waals surface area contributed by atoms with Crippen molar-refractivity contribution in [1.82, 2.24) is 4.98 Å². The topological polar surface area (TPSA) is 154 Å². The van der Waals surface area contributed by atoms with Gasteiger partial charge in [0, 0.05) is 12.3 Å². The summed E-state index contributed by atoms with van der Waals surface area (Å²) in [7, 11) is 0. The third kappa shape index (κ3) is 4.35. The van der Waals surface area contributed by atoms with Crippen molar-refractivity contribution in [3.8, 4) is 11.5 Å². The second-order valence-corrected chi connectivity index (χ2v) is 3.65. The van der Waals surface area contributed by atoms with Gasteiger partial charge in [0.05, 0.1) is 4.92 Å². The van der Waals surface area contributed by atoms with Gasteiger partial charge >= 0.3 is 17.2 Å². The van der Waals surface area contributed by atoms with Crippen molar-refractivity contribution in [2.45, 2.75) is 0 Å². The molecule has 0 bridgehead atoms. The highest BCUT2D eigenvalue weighted by molar-refractivity contribution is 5.91. The minimum Gasteiger partial charge on any atom is -0.508 e. The minimum absolute atomic E-state index is 0.180. The molecular weight excluding hydrogens is 284 g/mol. The molecule has 0 spiro atoms. The number of rotatable bonds is 2. The lowest BCUT2D eigenvalue weighted by atomic mass is 10.2. The van der Waals surface area contributed by atoms with E-state index in [-0.39, 0.29) is 17.1 Å². The Balaban J connectivity index is 0.000000211. The molecule has 0 saturated heterocycles. The van der Waals surface area contributed by atoms with Gasteiger partial charge in [-0.1, -0.05) is 0 Å². The fourth-order valence-corrected chi connectivity index (χ4v) is 1.25. The van der Waals surface area contributed by atoms with Gasteiger partial charge in [-0.15, -0.1) is 0 Å². The number of carboxylic acids is 1. The van der Waals surface area contributed by atoms with Crippen LogP contribution in [0.3, 0.4) is 0 Å². The van der Waals surface area contributed by atoms with Crippen LogP contribution in [0.25, 0.3) is 0 Å². The number of nitro groups is 1. The lowest BCUT2D eigenvalue weighted by Crippen LogP contribution is -2.09. The number of hydrogen-bond donors (Lipinski definition) is 4. The van der Waals surface area contributed by atoms with Crippen molar-refractivity contribution >= 4 is 11.7 Å². The van der Waals surface area contributed by atoms with E-state index in [4.69, 9.17) is 15.3 Å². The highest BCUT2D eigenvalue weighted by Gasteiger charge is 2.09. The van der Waals surface area contributed by atoms with Crippen LogP contribution in [0.15, 0.2) is 41.3 Å². The maximum absolute atomic E-state index is 10.6. The molecule has 0 aliphatic rings. The highest BCUT2D eigenvalue weighted by Crippen LogP contribution is 2.21. The Morgan fingerprint density at radius 2 is 1.90 bits per heavy atom. The summed E-state index contributed by atoms with van der Waals surface area (Å²) < 4.78 is 0. The zero-order chi connectivity index (χ0) is 16.0. The summed E-state index contributed by atoms with van der Waals surface area (Å²) in [5.41, 5.74) is -1.40. The molecule has 0 radical (unpaired) electrons. The van der Waals surface area contributed by atoms with Gasteiger partial charge in [0.15, 0.2) is 0 Å². The monoisotopic (exact) mass is 294 g/mol. The first-order valence-corrected chi connectivity index (χ1v) is 5.40. The van der Waals surface area contributed by atoms with E-state index in [9.17, 15) is 19.7 Å². The van der Waals surface area contributed by atoms with Crippen LogP contribution in [0.1, 0.15) is 10.4 Å². The van der Waals surface area contributed by atoms with Gasteiger partial charge in [-0.2, -0.15) is 0 Å². The number of pyridine rings is 1. The number of aromatic amines is 1. The SMILES string of the molecule is O=C(O)c1cc(O)ccc1O.O=c1[nH]cccc1[N+](=O)[O-]. The smallest absolute Gasteiger partial charge is 0.339 e. The number of benzene rings is 1. The number of aromatic hydroxyl groups is 2. The predicted molar refractivity (Wildman–Crippen MR) is 70.4 cm³/mol. The van der Waals surface area contributed by atoms with Gasteiger partial charge in [-0.05, 0) is 24.3 Å². The molecule has 0 fully saturated rings. The lowest BCUT2D eigenvalue weighted by molar-refractivity contribution is -0.386. The second-order valence-electron chi connectivity index (χ2n) is 3.65. The molecule has 110 valence electrons. The molecule has 4 N–H and O–H groups in total. The van der Waals surface area contributed by atoms with Gasteiger partial charge in [-0.3, -0.25) is 14.9 Å². The largest absolute Gasteiger partial charge is 0.508 e. The van der Waals surface area contributed by atoms with Crippen molar-refractivity contribution < 1.29 is 25.0 Å². The Hall–Kier alpha value is -3.36. The second kappa shape index (κ2) is 6.70. The highest BCUT2D eigenvalue weighted by atomic mass is 16.6. The van der Waals surface area contributed by atoms with E-state index in [2.05, 4.69) is 4.98 Å². The zero-order valence-electron chi connectivity index (χ0n) is 10.4. The molecule has 1 heterocycles. The number of aromatic nitrogens is 1. The molecule has 2 aromatic rings. The molecule has 0 saturated carbocycles. The van der Waals surface area contributed by atoms with Crippen molar-refractivity contribution in [3.05, 3.63) is 62.6 Å². The van der Waals surface area contributed by atoms with Gasteiger partial charge in [0.1, 0.15) is 17.1 Å². The Morgan fingerprint density at radius 1 is 1.24 bits per heavy atom.